The molecule has 6 heteroatoms. The van der Waals surface area contributed by atoms with Crippen LogP contribution in [0.2, 0.25) is 0 Å². The van der Waals surface area contributed by atoms with Gasteiger partial charge in [-0.25, -0.2) is 4.39 Å². The van der Waals surface area contributed by atoms with Crippen LogP contribution in [0.15, 0.2) is 18.2 Å². The van der Waals surface area contributed by atoms with E-state index in [1.54, 1.807) is 43.0 Å². The summed E-state index contributed by atoms with van der Waals surface area (Å²) < 4.78 is 18.5. The Morgan fingerprint density at radius 1 is 1.43 bits per heavy atom. The number of nitrogens with zero attached hydrogens (tertiary/aromatic N) is 2. The molecular formula is C15H23FN2O3. The molecule has 118 valence electrons. The average molecular weight is 298 g/mol. The number of aliphatic hydroxyl groups is 1. The second kappa shape index (κ2) is 7.95. The summed E-state index contributed by atoms with van der Waals surface area (Å²) in [5.74, 6) is -0.341. The molecule has 0 aliphatic carbocycles. The van der Waals surface area contributed by atoms with Crippen molar-refractivity contribution in [2.45, 2.75) is 19.5 Å². The summed E-state index contributed by atoms with van der Waals surface area (Å²) in [4.78, 5) is 15.6. The molecule has 0 fully saturated rings. The lowest BCUT2D eigenvalue weighted by atomic mass is 10.2. The fourth-order valence-electron chi connectivity index (χ4n) is 2.02. The Balaban J connectivity index is 2.69. The van der Waals surface area contributed by atoms with Gasteiger partial charge >= 0.3 is 0 Å². The largest absolute Gasteiger partial charge is 0.494 e. The van der Waals surface area contributed by atoms with E-state index in [0.717, 1.165) is 0 Å². The molecular weight excluding hydrogens is 275 g/mol. The van der Waals surface area contributed by atoms with E-state index in [2.05, 4.69) is 0 Å². The quantitative estimate of drug-likeness (QED) is 0.819. The molecule has 0 saturated carbocycles. The van der Waals surface area contributed by atoms with Gasteiger partial charge < -0.3 is 14.7 Å². The number of carbonyl (C=O) groups excluding carboxylic acids is 1. The second-order valence-electron chi connectivity index (χ2n) is 5.04. The van der Waals surface area contributed by atoms with Gasteiger partial charge in [-0.2, -0.15) is 0 Å². The topological polar surface area (TPSA) is 53.0 Å². The highest BCUT2D eigenvalue weighted by Crippen LogP contribution is 2.18. The number of halogens is 1. The maximum Gasteiger partial charge on any atom is 0.239 e. The van der Waals surface area contributed by atoms with Crippen LogP contribution in [-0.4, -0.2) is 61.2 Å². The third-order valence-electron chi connectivity index (χ3n) is 3.48. The molecule has 1 aromatic rings. The number of ether oxygens (including phenoxy) is 1. The van der Waals surface area contributed by atoms with Gasteiger partial charge in [0, 0.05) is 20.1 Å². The summed E-state index contributed by atoms with van der Waals surface area (Å²) in [5.41, 5.74) is 0.696. The SMILES string of the molecule is COc1ccc(CN(C)C(=O)C(C)N(C)CCO)cc1F. The van der Waals surface area contributed by atoms with E-state index in [0.29, 0.717) is 18.7 Å². The van der Waals surface area contributed by atoms with Crippen LogP contribution in [0, 0.1) is 5.82 Å². The highest BCUT2D eigenvalue weighted by molar-refractivity contribution is 5.81. The van der Waals surface area contributed by atoms with Crippen LogP contribution in [0.1, 0.15) is 12.5 Å². The summed E-state index contributed by atoms with van der Waals surface area (Å²) in [6, 6.07) is 4.30. The number of hydrogen-bond acceptors (Lipinski definition) is 4. The third kappa shape index (κ3) is 4.68. The molecule has 1 N–H and O–H groups in total. The molecule has 0 heterocycles. The number of methoxy groups -OCH3 is 1. The van der Waals surface area contributed by atoms with Gasteiger partial charge in [0.05, 0.1) is 19.8 Å². The monoisotopic (exact) mass is 298 g/mol. The lowest BCUT2D eigenvalue weighted by Gasteiger charge is -2.27. The van der Waals surface area contributed by atoms with Crippen LogP contribution in [-0.2, 0) is 11.3 Å². The zero-order chi connectivity index (χ0) is 16.0. The zero-order valence-corrected chi connectivity index (χ0v) is 13.0. The molecule has 1 atom stereocenters. The molecule has 0 spiro atoms. The van der Waals surface area contributed by atoms with Gasteiger partial charge in [0.1, 0.15) is 0 Å². The van der Waals surface area contributed by atoms with Crippen LogP contribution in [0.25, 0.3) is 0 Å². The Kier molecular flexibility index (Phi) is 6.58. The summed E-state index contributed by atoms with van der Waals surface area (Å²) in [6.07, 6.45) is 0. The fraction of sp³-hybridized carbons (Fsp3) is 0.533. The Morgan fingerprint density at radius 3 is 2.62 bits per heavy atom. The van der Waals surface area contributed by atoms with E-state index < -0.39 is 5.82 Å². The second-order valence-corrected chi connectivity index (χ2v) is 5.04. The summed E-state index contributed by atoms with van der Waals surface area (Å²) >= 11 is 0. The Morgan fingerprint density at radius 2 is 2.10 bits per heavy atom. The number of hydrogen-bond donors (Lipinski definition) is 1. The Hall–Kier alpha value is -1.66. The minimum Gasteiger partial charge on any atom is -0.494 e. The normalized spacial score (nSPS) is 12.3. The van der Waals surface area contributed by atoms with E-state index in [4.69, 9.17) is 9.84 Å². The van der Waals surface area contributed by atoms with Gasteiger partial charge in [0.2, 0.25) is 5.91 Å². The number of rotatable bonds is 7. The molecule has 0 saturated heterocycles. The molecule has 21 heavy (non-hydrogen) atoms. The van der Waals surface area contributed by atoms with Crippen LogP contribution in [0.5, 0.6) is 5.75 Å². The van der Waals surface area contributed by atoms with Gasteiger partial charge in [0.15, 0.2) is 11.6 Å². The minimum atomic E-state index is -0.443. The van der Waals surface area contributed by atoms with Crippen molar-refractivity contribution in [1.29, 1.82) is 0 Å². The number of aliphatic hydroxyl groups excluding tert-OH is 1. The molecule has 1 rings (SSSR count). The number of benzene rings is 1. The summed E-state index contributed by atoms with van der Waals surface area (Å²) in [5, 5.41) is 8.90. The first-order valence-corrected chi connectivity index (χ1v) is 6.79. The molecule has 1 amide bonds. The van der Waals surface area contributed by atoms with Crippen molar-refractivity contribution < 1.29 is 19.0 Å². The van der Waals surface area contributed by atoms with E-state index in [1.807, 2.05) is 0 Å². The van der Waals surface area contributed by atoms with Gasteiger partial charge in [-0.05, 0) is 31.7 Å². The minimum absolute atomic E-state index is 0.00151. The molecule has 0 aliphatic rings. The van der Waals surface area contributed by atoms with Crippen molar-refractivity contribution in [3.63, 3.8) is 0 Å². The molecule has 0 aliphatic heterocycles. The first-order valence-electron chi connectivity index (χ1n) is 6.79. The maximum absolute atomic E-state index is 13.6. The predicted octanol–water partition coefficient (Wildman–Crippen LogP) is 1.11. The number of likely N-dealkylation sites (N-methyl/N-ethyl adjacent to an activating group) is 2. The lowest BCUT2D eigenvalue weighted by molar-refractivity contribution is -0.135. The van der Waals surface area contributed by atoms with Crippen molar-refractivity contribution in [2.75, 3.05) is 34.4 Å². The molecule has 0 aromatic heterocycles. The van der Waals surface area contributed by atoms with Crippen molar-refractivity contribution in [3.8, 4) is 5.75 Å². The van der Waals surface area contributed by atoms with Crippen LogP contribution in [0.3, 0.4) is 0 Å². The van der Waals surface area contributed by atoms with E-state index >= 15 is 0 Å². The van der Waals surface area contributed by atoms with Crippen molar-refractivity contribution >= 4 is 5.91 Å². The maximum atomic E-state index is 13.6. The van der Waals surface area contributed by atoms with Crippen molar-refractivity contribution in [3.05, 3.63) is 29.6 Å². The molecule has 1 unspecified atom stereocenters. The number of carbonyl (C=O) groups is 1. The lowest BCUT2D eigenvalue weighted by Crippen LogP contribution is -2.44. The highest BCUT2D eigenvalue weighted by Gasteiger charge is 2.21. The van der Waals surface area contributed by atoms with Crippen molar-refractivity contribution in [2.24, 2.45) is 0 Å². The standard InChI is InChI=1S/C15H23FN2O3/c1-11(17(2)7-8-19)15(20)18(3)10-12-5-6-14(21-4)13(16)9-12/h5-6,9,11,19H,7-8,10H2,1-4H3. The molecule has 5 nitrogen and oxygen atoms in total. The van der Waals surface area contributed by atoms with Crippen LogP contribution >= 0.6 is 0 Å². The smallest absolute Gasteiger partial charge is 0.239 e. The fourth-order valence-corrected chi connectivity index (χ4v) is 2.02. The highest BCUT2D eigenvalue weighted by atomic mass is 19.1. The molecule has 0 bridgehead atoms. The van der Waals surface area contributed by atoms with Gasteiger partial charge in [-0.1, -0.05) is 6.07 Å². The van der Waals surface area contributed by atoms with E-state index in [9.17, 15) is 9.18 Å². The summed E-state index contributed by atoms with van der Waals surface area (Å²) in [6.45, 7) is 2.53. The third-order valence-corrected chi connectivity index (χ3v) is 3.48. The van der Waals surface area contributed by atoms with E-state index in [-0.39, 0.29) is 24.3 Å². The Bertz CT molecular complexity index is 482. The first-order chi connectivity index (χ1) is 9.90. The predicted molar refractivity (Wildman–Crippen MR) is 78.6 cm³/mol. The molecule has 1 aromatic carbocycles. The van der Waals surface area contributed by atoms with Gasteiger partial charge in [0.25, 0.3) is 0 Å². The summed E-state index contributed by atoms with van der Waals surface area (Å²) in [7, 11) is 4.86. The molecule has 0 radical (unpaired) electrons. The van der Waals surface area contributed by atoms with E-state index in [1.165, 1.54) is 13.2 Å². The van der Waals surface area contributed by atoms with Gasteiger partial charge in [-0.3, -0.25) is 9.69 Å². The van der Waals surface area contributed by atoms with Crippen LogP contribution in [0.4, 0.5) is 4.39 Å². The number of amides is 1. The van der Waals surface area contributed by atoms with Gasteiger partial charge in [-0.15, -0.1) is 0 Å². The average Bonchev–Trinajstić information content (AvgIpc) is 2.46. The van der Waals surface area contributed by atoms with Crippen molar-refractivity contribution in [1.82, 2.24) is 9.80 Å². The zero-order valence-electron chi connectivity index (χ0n) is 13.0. The van der Waals surface area contributed by atoms with Crippen LogP contribution < -0.4 is 4.74 Å². The Labute approximate surface area is 124 Å². The first kappa shape index (κ1) is 17.4.